The van der Waals surface area contributed by atoms with E-state index in [2.05, 4.69) is 34.7 Å². The third-order valence-electron chi connectivity index (χ3n) is 4.27. The van der Waals surface area contributed by atoms with Crippen LogP contribution in [0, 0.1) is 12.7 Å². The second-order valence-electron chi connectivity index (χ2n) is 6.40. The average molecular weight is 387 g/mol. The fourth-order valence-corrected chi connectivity index (χ4v) is 3.15. The molecule has 2 N–H and O–H groups in total. The largest absolute Gasteiger partial charge is 0.356 e. The number of hydrogen-bond acceptors (Lipinski definition) is 3. The number of thiocarbonyl (C=S) groups is 1. The molecule has 0 amide bonds. The number of nitrogens with one attached hydrogen (secondary N) is 2. The Balaban J connectivity index is 1.57. The Kier molecular flexibility index (Phi) is 5.85. The SMILES string of the molecule is CCn1cc(C(C)NC(=S)Nc2cnn(Cc3ccc(F)cc3)c2)c(C)n1. The third-order valence-corrected chi connectivity index (χ3v) is 4.49. The van der Waals surface area contributed by atoms with Gasteiger partial charge in [0, 0.05) is 24.5 Å². The molecule has 27 heavy (non-hydrogen) atoms. The van der Waals surface area contributed by atoms with Crippen molar-refractivity contribution in [3.63, 3.8) is 0 Å². The number of aromatic nitrogens is 4. The van der Waals surface area contributed by atoms with Crippen molar-refractivity contribution in [3.8, 4) is 0 Å². The van der Waals surface area contributed by atoms with Gasteiger partial charge in [0.1, 0.15) is 5.82 Å². The lowest BCUT2D eigenvalue weighted by Crippen LogP contribution is -2.30. The van der Waals surface area contributed by atoms with E-state index in [9.17, 15) is 4.39 Å². The number of rotatable bonds is 6. The summed E-state index contributed by atoms with van der Waals surface area (Å²) in [7, 11) is 0. The predicted molar refractivity (Wildman–Crippen MR) is 108 cm³/mol. The first kappa shape index (κ1) is 19.0. The van der Waals surface area contributed by atoms with Crippen molar-refractivity contribution < 1.29 is 4.39 Å². The first-order chi connectivity index (χ1) is 12.9. The van der Waals surface area contributed by atoms with Crippen molar-refractivity contribution in [2.45, 2.75) is 39.9 Å². The smallest absolute Gasteiger partial charge is 0.171 e. The van der Waals surface area contributed by atoms with E-state index in [1.165, 1.54) is 12.1 Å². The van der Waals surface area contributed by atoms with Crippen molar-refractivity contribution in [2.75, 3.05) is 5.32 Å². The molecule has 2 heterocycles. The molecule has 0 fully saturated rings. The van der Waals surface area contributed by atoms with Crippen LogP contribution in [0.5, 0.6) is 0 Å². The van der Waals surface area contributed by atoms with E-state index in [1.807, 2.05) is 24.0 Å². The summed E-state index contributed by atoms with van der Waals surface area (Å²) in [6.45, 7) is 7.51. The summed E-state index contributed by atoms with van der Waals surface area (Å²) in [5, 5.41) is 15.7. The molecule has 142 valence electrons. The van der Waals surface area contributed by atoms with Gasteiger partial charge in [-0.2, -0.15) is 10.2 Å². The molecule has 0 aliphatic heterocycles. The van der Waals surface area contributed by atoms with Crippen LogP contribution in [0.2, 0.25) is 0 Å². The zero-order valence-electron chi connectivity index (χ0n) is 15.6. The normalized spacial score (nSPS) is 12.0. The van der Waals surface area contributed by atoms with E-state index in [0.717, 1.165) is 29.1 Å². The van der Waals surface area contributed by atoms with Gasteiger partial charge in [0.2, 0.25) is 0 Å². The Bertz CT molecular complexity index is 915. The Morgan fingerprint density at radius 2 is 1.96 bits per heavy atom. The van der Waals surface area contributed by atoms with Gasteiger partial charge in [-0.3, -0.25) is 9.36 Å². The maximum absolute atomic E-state index is 13.0. The third kappa shape index (κ3) is 4.91. The van der Waals surface area contributed by atoms with Gasteiger partial charge in [-0.15, -0.1) is 0 Å². The minimum atomic E-state index is -0.244. The van der Waals surface area contributed by atoms with Crippen LogP contribution in [0.25, 0.3) is 0 Å². The quantitative estimate of drug-likeness (QED) is 0.634. The molecule has 1 unspecified atom stereocenters. The van der Waals surface area contributed by atoms with Gasteiger partial charge in [0.05, 0.1) is 30.2 Å². The van der Waals surface area contributed by atoms with Gasteiger partial charge < -0.3 is 10.6 Å². The predicted octanol–water partition coefficient (Wildman–Crippen LogP) is 3.64. The highest BCUT2D eigenvalue weighted by atomic mass is 32.1. The van der Waals surface area contributed by atoms with Crippen molar-refractivity contribution >= 4 is 23.0 Å². The molecule has 1 aromatic carbocycles. The van der Waals surface area contributed by atoms with Crippen LogP contribution in [0.1, 0.15) is 36.7 Å². The molecule has 8 heteroatoms. The van der Waals surface area contributed by atoms with E-state index in [4.69, 9.17) is 12.2 Å². The molecule has 0 saturated carbocycles. The fourth-order valence-electron chi connectivity index (χ4n) is 2.85. The van der Waals surface area contributed by atoms with Crippen molar-refractivity contribution in [2.24, 2.45) is 0 Å². The van der Waals surface area contributed by atoms with E-state index in [0.29, 0.717) is 11.7 Å². The zero-order valence-corrected chi connectivity index (χ0v) is 16.4. The molecule has 2 aromatic heterocycles. The molecular formula is C19H23FN6S. The van der Waals surface area contributed by atoms with Gasteiger partial charge in [-0.1, -0.05) is 12.1 Å². The Morgan fingerprint density at radius 3 is 2.63 bits per heavy atom. The molecule has 0 spiro atoms. The number of benzene rings is 1. The van der Waals surface area contributed by atoms with Crippen LogP contribution in [0.15, 0.2) is 42.9 Å². The first-order valence-electron chi connectivity index (χ1n) is 8.83. The molecule has 0 aliphatic rings. The number of anilines is 1. The minimum Gasteiger partial charge on any atom is -0.356 e. The molecule has 0 bridgehead atoms. The van der Waals surface area contributed by atoms with Crippen LogP contribution in [0.4, 0.5) is 10.1 Å². The second-order valence-corrected chi connectivity index (χ2v) is 6.81. The van der Waals surface area contributed by atoms with E-state index < -0.39 is 0 Å². The number of hydrogen-bond donors (Lipinski definition) is 2. The van der Waals surface area contributed by atoms with Gasteiger partial charge in [-0.25, -0.2) is 4.39 Å². The van der Waals surface area contributed by atoms with Gasteiger partial charge >= 0.3 is 0 Å². The summed E-state index contributed by atoms with van der Waals surface area (Å²) in [4.78, 5) is 0. The molecule has 3 aromatic rings. The second kappa shape index (κ2) is 8.30. The number of halogens is 1. The molecule has 0 aliphatic carbocycles. The summed E-state index contributed by atoms with van der Waals surface area (Å²) in [6.07, 6.45) is 5.61. The van der Waals surface area contributed by atoms with Gasteiger partial charge in [0.15, 0.2) is 5.11 Å². The van der Waals surface area contributed by atoms with Crippen LogP contribution in [-0.4, -0.2) is 24.7 Å². The van der Waals surface area contributed by atoms with E-state index in [-0.39, 0.29) is 11.9 Å². The van der Waals surface area contributed by atoms with E-state index >= 15 is 0 Å². The lowest BCUT2D eigenvalue weighted by molar-refractivity contribution is 0.624. The summed E-state index contributed by atoms with van der Waals surface area (Å²) < 4.78 is 16.7. The zero-order chi connectivity index (χ0) is 19.4. The molecular weight excluding hydrogens is 363 g/mol. The molecule has 0 saturated heterocycles. The fraction of sp³-hybridized carbons (Fsp3) is 0.316. The Labute approximate surface area is 163 Å². The Morgan fingerprint density at radius 1 is 1.22 bits per heavy atom. The minimum absolute atomic E-state index is 0.0413. The average Bonchev–Trinajstić information content (AvgIpc) is 3.23. The lowest BCUT2D eigenvalue weighted by atomic mass is 10.1. The summed E-state index contributed by atoms with van der Waals surface area (Å²) in [5.41, 5.74) is 3.88. The molecule has 6 nitrogen and oxygen atoms in total. The Hall–Kier alpha value is -2.74. The highest BCUT2D eigenvalue weighted by Gasteiger charge is 2.13. The van der Waals surface area contributed by atoms with E-state index in [1.54, 1.807) is 23.0 Å². The first-order valence-corrected chi connectivity index (χ1v) is 9.23. The number of aryl methyl sites for hydroxylation is 2. The lowest BCUT2D eigenvalue weighted by Gasteiger charge is -2.15. The highest BCUT2D eigenvalue weighted by molar-refractivity contribution is 7.80. The molecule has 1 atom stereocenters. The van der Waals surface area contributed by atoms with Crippen LogP contribution in [0.3, 0.4) is 0 Å². The van der Waals surface area contributed by atoms with Crippen molar-refractivity contribution in [1.82, 2.24) is 24.9 Å². The summed E-state index contributed by atoms with van der Waals surface area (Å²) in [5.74, 6) is -0.244. The topological polar surface area (TPSA) is 59.7 Å². The standard InChI is InChI=1S/C19H23FN6S/c1-4-25-12-18(14(3)24-25)13(2)22-19(27)23-17-9-21-26(11-17)10-15-5-7-16(20)8-6-15/h5-9,11-13H,4,10H2,1-3H3,(H2,22,23,27). The molecule has 3 rings (SSSR count). The molecule has 0 radical (unpaired) electrons. The maximum Gasteiger partial charge on any atom is 0.171 e. The van der Waals surface area contributed by atoms with Gasteiger partial charge in [-0.05, 0) is 50.7 Å². The van der Waals surface area contributed by atoms with Crippen molar-refractivity contribution in [1.29, 1.82) is 0 Å². The van der Waals surface area contributed by atoms with Crippen molar-refractivity contribution in [3.05, 3.63) is 65.5 Å². The maximum atomic E-state index is 13.0. The van der Waals surface area contributed by atoms with Crippen LogP contribution >= 0.6 is 12.2 Å². The van der Waals surface area contributed by atoms with Gasteiger partial charge in [0.25, 0.3) is 0 Å². The number of nitrogens with zero attached hydrogens (tertiary/aromatic N) is 4. The highest BCUT2D eigenvalue weighted by Crippen LogP contribution is 2.16. The van der Waals surface area contributed by atoms with Crippen LogP contribution < -0.4 is 10.6 Å². The summed E-state index contributed by atoms with van der Waals surface area (Å²) in [6, 6.07) is 6.43. The van der Waals surface area contributed by atoms with Crippen LogP contribution in [-0.2, 0) is 13.1 Å². The summed E-state index contributed by atoms with van der Waals surface area (Å²) >= 11 is 5.42. The monoisotopic (exact) mass is 386 g/mol.